The average Bonchev–Trinajstić information content (AvgIpc) is 2.98. The van der Waals surface area contributed by atoms with E-state index in [2.05, 4.69) is 37.6 Å². The Bertz CT molecular complexity index is 803. The van der Waals surface area contributed by atoms with Crippen molar-refractivity contribution in [1.29, 1.82) is 0 Å². The molecule has 3 nitrogen and oxygen atoms in total. The summed E-state index contributed by atoms with van der Waals surface area (Å²) in [5, 5.41) is 0. The fourth-order valence-electron chi connectivity index (χ4n) is 2.20. The van der Waals surface area contributed by atoms with Gasteiger partial charge in [-0.3, -0.25) is 0 Å². The zero-order valence-electron chi connectivity index (χ0n) is 10.9. The summed E-state index contributed by atoms with van der Waals surface area (Å²) in [6, 6.07) is 10.2. The molecule has 2 heterocycles. The van der Waals surface area contributed by atoms with Gasteiger partial charge in [-0.05, 0) is 58.8 Å². The Morgan fingerprint density at radius 3 is 2.90 bits per heavy atom. The number of hydrogen-bond donors (Lipinski definition) is 1. The molecule has 104 valence electrons. The number of rotatable bonds is 4. The number of aryl methyl sites for hydroxylation is 2. The van der Waals surface area contributed by atoms with Crippen molar-refractivity contribution in [2.75, 3.05) is 7.11 Å². The Morgan fingerprint density at radius 1 is 1.35 bits per heavy atom. The molecule has 20 heavy (non-hydrogen) atoms. The van der Waals surface area contributed by atoms with Gasteiger partial charge in [0.2, 0.25) is 0 Å². The normalized spacial score (nSPS) is 11.1. The number of benzene rings is 1. The molecular formula is C14H13BrN2OS2. The Balaban J connectivity index is 1.91. The first-order chi connectivity index (χ1) is 9.67. The summed E-state index contributed by atoms with van der Waals surface area (Å²) < 4.78 is 9.29. The third-order valence-corrected chi connectivity index (χ3v) is 5.20. The molecule has 0 aliphatic heterocycles. The van der Waals surface area contributed by atoms with Crippen molar-refractivity contribution < 1.29 is 4.74 Å². The predicted octanol–water partition coefficient (Wildman–Crippen LogP) is 4.77. The number of halogens is 1. The third kappa shape index (κ3) is 2.68. The van der Waals surface area contributed by atoms with Gasteiger partial charge in [0, 0.05) is 17.5 Å². The van der Waals surface area contributed by atoms with E-state index in [0.717, 1.165) is 34.5 Å². The molecule has 0 atom stereocenters. The highest BCUT2D eigenvalue weighted by atomic mass is 79.9. The van der Waals surface area contributed by atoms with Gasteiger partial charge < -0.3 is 14.3 Å². The van der Waals surface area contributed by atoms with Crippen LogP contribution in [0.1, 0.15) is 4.88 Å². The molecular weight excluding hydrogens is 356 g/mol. The smallest absolute Gasteiger partial charge is 0.178 e. The van der Waals surface area contributed by atoms with Crippen molar-refractivity contribution in [3.05, 3.63) is 43.8 Å². The Labute approximate surface area is 134 Å². The Kier molecular flexibility index (Phi) is 3.96. The maximum absolute atomic E-state index is 5.41. The maximum Gasteiger partial charge on any atom is 0.178 e. The molecule has 6 heteroatoms. The molecule has 2 aromatic heterocycles. The van der Waals surface area contributed by atoms with E-state index in [1.807, 2.05) is 18.2 Å². The first kappa shape index (κ1) is 13.9. The minimum absolute atomic E-state index is 0.754. The fourth-order valence-corrected chi connectivity index (χ4v) is 3.97. The van der Waals surface area contributed by atoms with Crippen LogP contribution in [0.4, 0.5) is 0 Å². The number of aromatic nitrogens is 2. The van der Waals surface area contributed by atoms with E-state index >= 15 is 0 Å². The average molecular weight is 369 g/mol. The fraction of sp³-hybridized carbons (Fsp3) is 0.214. The summed E-state index contributed by atoms with van der Waals surface area (Å²) >= 11 is 10.7. The van der Waals surface area contributed by atoms with Crippen LogP contribution in [-0.4, -0.2) is 16.7 Å². The summed E-state index contributed by atoms with van der Waals surface area (Å²) in [5.41, 5.74) is 2.13. The number of ether oxygens (including phenoxy) is 1. The van der Waals surface area contributed by atoms with Gasteiger partial charge in [0.1, 0.15) is 5.75 Å². The summed E-state index contributed by atoms with van der Waals surface area (Å²) in [4.78, 5) is 4.58. The van der Waals surface area contributed by atoms with Crippen molar-refractivity contribution in [1.82, 2.24) is 9.55 Å². The minimum Gasteiger partial charge on any atom is -0.497 e. The van der Waals surface area contributed by atoms with Gasteiger partial charge in [0.15, 0.2) is 4.77 Å². The molecule has 0 aliphatic carbocycles. The van der Waals surface area contributed by atoms with E-state index in [4.69, 9.17) is 17.0 Å². The predicted molar refractivity (Wildman–Crippen MR) is 89.4 cm³/mol. The van der Waals surface area contributed by atoms with Gasteiger partial charge in [0.05, 0.1) is 21.9 Å². The van der Waals surface area contributed by atoms with Gasteiger partial charge in [-0.1, -0.05) is 0 Å². The molecule has 0 unspecified atom stereocenters. The largest absolute Gasteiger partial charge is 0.497 e. The van der Waals surface area contributed by atoms with Crippen molar-refractivity contribution in [2.45, 2.75) is 13.0 Å². The number of H-pyrrole nitrogens is 1. The van der Waals surface area contributed by atoms with Crippen LogP contribution in [-0.2, 0) is 13.0 Å². The zero-order valence-corrected chi connectivity index (χ0v) is 14.1. The van der Waals surface area contributed by atoms with Crippen molar-refractivity contribution in [2.24, 2.45) is 0 Å². The van der Waals surface area contributed by atoms with Gasteiger partial charge in [-0.15, -0.1) is 11.3 Å². The topological polar surface area (TPSA) is 29.9 Å². The second-order valence-corrected chi connectivity index (χ2v) is 7.35. The van der Waals surface area contributed by atoms with Crippen LogP contribution in [0.15, 0.2) is 34.1 Å². The van der Waals surface area contributed by atoms with E-state index in [1.165, 1.54) is 8.66 Å². The lowest BCUT2D eigenvalue weighted by molar-refractivity contribution is 0.415. The second kappa shape index (κ2) is 5.71. The maximum atomic E-state index is 5.41. The number of thiophene rings is 1. The number of nitrogens with zero attached hydrogens (tertiary/aromatic N) is 1. The molecule has 0 fully saturated rings. The SMILES string of the molecule is COc1ccc2c(c1)[nH]c(=S)n2CCc1ccc(Br)s1. The van der Waals surface area contributed by atoms with E-state index < -0.39 is 0 Å². The van der Waals surface area contributed by atoms with E-state index in [9.17, 15) is 0 Å². The number of aromatic amines is 1. The van der Waals surface area contributed by atoms with E-state index in [0.29, 0.717) is 0 Å². The lowest BCUT2D eigenvalue weighted by Crippen LogP contribution is -2.00. The minimum atomic E-state index is 0.754. The van der Waals surface area contributed by atoms with Crippen molar-refractivity contribution in [3.8, 4) is 5.75 Å². The first-order valence-corrected chi connectivity index (χ1v) is 8.20. The molecule has 0 amide bonds. The standard InChI is InChI=1S/C14H13BrN2OS2/c1-18-9-2-4-12-11(8-9)16-14(19)17(12)7-6-10-3-5-13(15)20-10/h2-5,8H,6-7H2,1H3,(H,16,19). The molecule has 0 bridgehead atoms. The zero-order chi connectivity index (χ0) is 14.1. The first-order valence-electron chi connectivity index (χ1n) is 6.18. The molecule has 3 rings (SSSR count). The van der Waals surface area contributed by atoms with Crippen LogP contribution in [0.25, 0.3) is 11.0 Å². The van der Waals surface area contributed by atoms with E-state index in [1.54, 1.807) is 18.4 Å². The highest BCUT2D eigenvalue weighted by Gasteiger charge is 2.06. The third-order valence-electron chi connectivity index (χ3n) is 3.19. The van der Waals surface area contributed by atoms with Gasteiger partial charge in [0.25, 0.3) is 0 Å². The highest BCUT2D eigenvalue weighted by molar-refractivity contribution is 9.11. The van der Waals surface area contributed by atoms with Crippen LogP contribution >= 0.6 is 39.5 Å². The molecule has 0 saturated carbocycles. The number of hydrogen-bond acceptors (Lipinski definition) is 3. The van der Waals surface area contributed by atoms with Crippen LogP contribution in [0.5, 0.6) is 5.75 Å². The van der Waals surface area contributed by atoms with Crippen molar-refractivity contribution in [3.63, 3.8) is 0 Å². The monoisotopic (exact) mass is 368 g/mol. The quantitative estimate of drug-likeness (QED) is 0.671. The second-order valence-electron chi connectivity index (χ2n) is 4.42. The summed E-state index contributed by atoms with van der Waals surface area (Å²) in [7, 11) is 1.67. The molecule has 1 aromatic carbocycles. The summed E-state index contributed by atoms with van der Waals surface area (Å²) in [5.74, 6) is 0.836. The molecule has 3 aromatic rings. The van der Waals surface area contributed by atoms with Crippen LogP contribution < -0.4 is 4.74 Å². The van der Waals surface area contributed by atoms with Crippen LogP contribution in [0, 0.1) is 4.77 Å². The number of methoxy groups -OCH3 is 1. The lowest BCUT2D eigenvalue weighted by atomic mass is 10.3. The summed E-state index contributed by atoms with van der Waals surface area (Å²) in [6.45, 7) is 0.873. The molecule has 0 radical (unpaired) electrons. The van der Waals surface area contributed by atoms with Crippen LogP contribution in [0.3, 0.4) is 0 Å². The van der Waals surface area contributed by atoms with Crippen LogP contribution in [0.2, 0.25) is 0 Å². The van der Waals surface area contributed by atoms with E-state index in [-0.39, 0.29) is 0 Å². The van der Waals surface area contributed by atoms with Crippen molar-refractivity contribution >= 4 is 50.5 Å². The van der Waals surface area contributed by atoms with Gasteiger partial charge in [-0.25, -0.2) is 0 Å². The van der Waals surface area contributed by atoms with Gasteiger partial charge >= 0.3 is 0 Å². The number of nitrogens with one attached hydrogen (secondary N) is 1. The number of imidazole rings is 1. The van der Waals surface area contributed by atoms with Gasteiger partial charge in [-0.2, -0.15) is 0 Å². The lowest BCUT2D eigenvalue weighted by Gasteiger charge is -2.04. The summed E-state index contributed by atoms with van der Waals surface area (Å²) in [6.07, 6.45) is 0.976. The highest BCUT2D eigenvalue weighted by Crippen LogP contribution is 2.24. The Morgan fingerprint density at radius 2 is 2.20 bits per heavy atom. The molecule has 0 saturated heterocycles. The molecule has 0 aliphatic rings. The molecule has 0 spiro atoms. The Hall–Kier alpha value is -1.11. The molecule has 1 N–H and O–H groups in total. The number of fused-ring (bicyclic) bond motifs is 1.